The number of halogens is 1. The molecular formula is C17H16ClNO. The summed E-state index contributed by atoms with van der Waals surface area (Å²) in [4.78, 5) is 0. The molecule has 0 spiro atoms. The first-order chi connectivity index (χ1) is 9.78. The van der Waals surface area contributed by atoms with E-state index in [9.17, 15) is 0 Å². The summed E-state index contributed by atoms with van der Waals surface area (Å²) >= 11 is 6.14. The van der Waals surface area contributed by atoms with Gasteiger partial charge in [0.1, 0.15) is 5.76 Å². The molecule has 1 aromatic heterocycles. The van der Waals surface area contributed by atoms with Gasteiger partial charge in [-0.15, -0.1) is 0 Å². The molecule has 3 aromatic rings. The van der Waals surface area contributed by atoms with E-state index in [0.717, 1.165) is 23.2 Å². The SMILES string of the molecule is NCC(Cc1cc2cccc(Cl)c2o1)c1ccccc1. The van der Waals surface area contributed by atoms with Crippen LogP contribution in [0, 0.1) is 0 Å². The Balaban J connectivity index is 1.90. The Morgan fingerprint density at radius 3 is 2.55 bits per heavy atom. The molecule has 1 unspecified atom stereocenters. The first kappa shape index (κ1) is 13.2. The first-order valence-corrected chi connectivity index (χ1v) is 7.07. The van der Waals surface area contributed by atoms with Crippen LogP contribution < -0.4 is 5.73 Å². The standard InChI is InChI=1S/C17H16ClNO/c18-16-8-4-7-13-9-15(20-17(13)16)10-14(11-19)12-5-2-1-3-6-12/h1-9,14H,10-11,19H2. The van der Waals surface area contributed by atoms with E-state index in [1.165, 1.54) is 5.56 Å². The van der Waals surface area contributed by atoms with Gasteiger partial charge in [-0.2, -0.15) is 0 Å². The lowest BCUT2D eigenvalue weighted by molar-refractivity contribution is 0.518. The van der Waals surface area contributed by atoms with Crippen LogP contribution in [0.3, 0.4) is 0 Å². The fourth-order valence-corrected chi connectivity index (χ4v) is 2.71. The quantitative estimate of drug-likeness (QED) is 0.773. The zero-order valence-electron chi connectivity index (χ0n) is 11.1. The molecule has 0 bridgehead atoms. The van der Waals surface area contributed by atoms with E-state index in [0.29, 0.717) is 11.6 Å². The Labute approximate surface area is 123 Å². The third kappa shape index (κ3) is 2.58. The minimum atomic E-state index is 0.260. The van der Waals surface area contributed by atoms with Gasteiger partial charge in [-0.05, 0) is 24.2 Å². The Morgan fingerprint density at radius 1 is 1.05 bits per heavy atom. The summed E-state index contributed by atoms with van der Waals surface area (Å²) in [5, 5.41) is 1.69. The van der Waals surface area contributed by atoms with Crippen LogP contribution in [0.25, 0.3) is 11.0 Å². The monoisotopic (exact) mass is 285 g/mol. The van der Waals surface area contributed by atoms with Crippen LogP contribution in [-0.4, -0.2) is 6.54 Å². The molecule has 0 aliphatic rings. The van der Waals surface area contributed by atoms with Gasteiger partial charge >= 0.3 is 0 Å². The highest BCUT2D eigenvalue weighted by molar-refractivity contribution is 6.34. The molecule has 0 saturated carbocycles. The lowest BCUT2D eigenvalue weighted by Gasteiger charge is -2.13. The van der Waals surface area contributed by atoms with Crippen molar-refractivity contribution in [2.75, 3.05) is 6.54 Å². The van der Waals surface area contributed by atoms with Crippen molar-refractivity contribution >= 4 is 22.6 Å². The van der Waals surface area contributed by atoms with Crippen LogP contribution in [0.1, 0.15) is 17.2 Å². The Kier molecular flexibility index (Phi) is 3.77. The topological polar surface area (TPSA) is 39.2 Å². The van der Waals surface area contributed by atoms with Crippen molar-refractivity contribution in [3.8, 4) is 0 Å². The molecule has 0 radical (unpaired) electrons. The number of hydrogen-bond donors (Lipinski definition) is 1. The lowest BCUT2D eigenvalue weighted by atomic mass is 9.95. The molecule has 0 saturated heterocycles. The summed E-state index contributed by atoms with van der Waals surface area (Å²) in [5.41, 5.74) is 7.90. The number of furan rings is 1. The van der Waals surface area contributed by atoms with Crippen LogP contribution in [0.5, 0.6) is 0 Å². The fourth-order valence-electron chi connectivity index (χ4n) is 2.49. The van der Waals surface area contributed by atoms with Gasteiger partial charge in [-0.25, -0.2) is 0 Å². The van der Waals surface area contributed by atoms with Gasteiger partial charge < -0.3 is 10.2 Å². The number of rotatable bonds is 4. The number of hydrogen-bond acceptors (Lipinski definition) is 2. The van der Waals surface area contributed by atoms with E-state index in [-0.39, 0.29) is 5.92 Å². The van der Waals surface area contributed by atoms with Gasteiger partial charge in [0, 0.05) is 17.7 Å². The van der Waals surface area contributed by atoms with E-state index in [1.807, 2.05) is 42.5 Å². The summed E-state index contributed by atoms with van der Waals surface area (Å²) in [6.07, 6.45) is 0.783. The van der Waals surface area contributed by atoms with Gasteiger partial charge in [0.25, 0.3) is 0 Å². The van der Waals surface area contributed by atoms with Crippen LogP contribution in [0.15, 0.2) is 59.0 Å². The molecule has 3 heteroatoms. The average Bonchev–Trinajstić information content (AvgIpc) is 2.90. The molecule has 2 nitrogen and oxygen atoms in total. The third-order valence-corrected chi connectivity index (χ3v) is 3.85. The Bertz CT molecular complexity index is 705. The second-order valence-electron chi connectivity index (χ2n) is 4.92. The van der Waals surface area contributed by atoms with E-state index in [4.69, 9.17) is 21.8 Å². The zero-order valence-corrected chi connectivity index (χ0v) is 11.8. The lowest BCUT2D eigenvalue weighted by Crippen LogP contribution is -2.14. The minimum Gasteiger partial charge on any atom is -0.459 e. The molecule has 102 valence electrons. The second-order valence-corrected chi connectivity index (χ2v) is 5.33. The van der Waals surface area contributed by atoms with Crippen molar-refractivity contribution in [3.63, 3.8) is 0 Å². The summed E-state index contributed by atoms with van der Waals surface area (Å²) in [6, 6.07) is 18.1. The predicted molar refractivity (Wildman–Crippen MR) is 83.2 cm³/mol. The highest BCUT2D eigenvalue weighted by atomic mass is 35.5. The molecule has 0 amide bonds. The fraction of sp³-hybridized carbons (Fsp3) is 0.176. The van der Waals surface area contributed by atoms with Crippen molar-refractivity contribution < 1.29 is 4.42 Å². The maximum Gasteiger partial charge on any atom is 0.152 e. The summed E-state index contributed by atoms with van der Waals surface area (Å²) in [5.74, 6) is 1.18. The second kappa shape index (κ2) is 5.70. The molecule has 2 aromatic carbocycles. The van der Waals surface area contributed by atoms with Gasteiger partial charge in [0.2, 0.25) is 0 Å². The van der Waals surface area contributed by atoms with Gasteiger partial charge in [0.05, 0.1) is 5.02 Å². The Morgan fingerprint density at radius 2 is 1.85 bits per heavy atom. The summed E-state index contributed by atoms with van der Waals surface area (Å²) in [7, 11) is 0. The molecule has 0 aliphatic heterocycles. The van der Waals surface area contributed by atoms with Crippen LogP contribution in [0.4, 0.5) is 0 Å². The van der Waals surface area contributed by atoms with Crippen molar-refractivity contribution in [3.05, 3.63) is 70.9 Å². The Hall–Kier alpha value is -1.77. The van der Waals surface area contributed by atoms with E-state index in [2.05, 4.69) is 12.1 Å². The first-order valence-electron chi connectivity index (χ1n) is 6.70. The maximum absolute atomic E-state index is 6.14. The van der Waals surface area contributed by atoms with Crippen LogP contribution >= 0.6 is 11.6 Å². The van der Waals surface area contributed by atoms with Gasteiger partial charge in [-0.1, -0.05) is 54.1 Å². The number of nitrogens with two attached hydrogens (primary N) is 1. The molecule has 1 heterocycles. The molecular weight excluding hydrogens is 270 g/mol. The van der Waals surface area contributed by atoms with Crippen molar-refractivity contribution in [1.82, 2.24) is 0 Å². The molecule has 1 atom stereocenters. The highest BCUT2D eigenvalue weighted by Crippen LogP contribution is 2.29. The zero-order chi connectivity index (χ0) is 13.9. The number of benzene rings is 2. The van der Waals surface area contributed by atoms with E-state index in [1.54, 1.807) is 0 Å². The normalized spacial score (nSPS) is 12.7. The number of fused-ring (bicyclic) bond motifs is 1. The molecule has 20 heavy (non-hydrogen) atoms. The minimum absolute atomic E-state index is 0.260. The molecule has 2 N–H and O–H groups in total. The van der Waals surface area contributed by atoms with Gasteiger partial charge in [0.15, 0.2) is 5.58 Å². The van der Waals surface area contributed by atoms with E-state index >= 15 is 0 Å². The summed E-state index contributed by atoms with van der Waals surface area (Å²) < 4.78 is 5.87. The van der Waals surface area contributed by atoms with Crippen molar-refractivity contribution in [2.24, 2.45) is 5.73 Å². The van der Waals surface area contributed by atoms with Gasteiger partial charge in [-0.3, -0.25) is 0 Å². The predicted octanol–water partition coefficient (Wildman–Crippen LogP) is 4.37. The largest absolute Gasteiger partial charge is 0.459 e. The average molecular weight is 286 g/mol. The van der Waals surface area contributed by atoms with Crippen molar-refractivity contribution in [1.29, 1.82) is 0 Å². The maximum atomic E-state index is 6.14. The summed E-state index contributed by atoms with van der Waals surface area (Å²) in [6.45, 7) is 0.592. The molecule has 0 fully saturated rings. The highest BCUT2D eigenvalue weighted by Gasteiger charge is 2.14. The van der Waals surface area contributed by atoms with Crippen LogP contribution in [-0.2, 0) is 6.42 Å². The third-order valence-electron chi connectivity index (χ3n) is 3.55. The molecule has 0 aliphatic carbocycles. The van der Waals surface area contributed by atoms with Crippen molar-refractivity contribution in [2.45, 2.75) is 12.3 Å². The van der Waals surface area contributed by atoms with Crippen LogP contribution in [0.2, 0.25) is 5.02 Å². The van der Waals surface area contributed by atoms with E-state index < -0.39 is 0 Å². The number of para-hydroxylation sites is 1. The smallest absolute Gasteiger partial charge is 0.152 e. The molecule has 3 rings (SSSR count).